The van der Waals surface area contributed by atoms with Crippen LogP contribution in [0.15, 0.2) is 70.3 Å². The molecule has 0 radical (unpaired) electrons. The van der Waals surface area contributed by atoms with Crippen LogP contribution in [0.3, 0.4) is 0 Å². The third-order valence-electron chi connectivity index (χ3n) is 5.20. The highest BCUT2D eigenvalue weighted by molar-refractivity contribution is 6.38. The smallest absolute Gasteiger partial charge is 0.376 e. The fourth-order valence-corrected chi connectivity index (χ4v) is 3.44. The van der Waals surface area contributed by atoms with E-state index in [1.54, 1.807) is 12.1 Å². The zero-order valence-electron chi connectivity index (χ0n) is 18.5. The number of aliphatic hydroxyl groups is 1. The maximum absolute atomic E-state index is 12.5. The van der Waals surface area contributed by atoms with Crippen LogP contribution in [0.5, 0.6) is 0 Å². The molecule has 0 aliphatic heterocycles. The van der Waals surface area contributed by atoms with Gasteiger partial charge in [0.05, 0.1) is 6.61 Å². The van der Waals surface area contributed by atoms with E-state index in [2.05, 4.69) is 4.98 Å². The average Bonchev–Trinajstić information content (AvgIpc) is 2.82. The minimum atomic E-state index is -1.66. The number of H-pyrrole nitrogens is 1. The Morgan fingerprint density at radius 2 is 1.68 bits per heavy atom. The van der Waals surface area contributed by atoms with Crippen LogP contribution < -0.4 is 11.2 Å². The van der Waals surface area contributed by atoms with E-state index in [4.69, 9.17) is 9.84 Å². The van der Waals surface area contributed by atoms with Crippen molar-refractivity contribution >= 4 is 17.5 Å². The van der Waals surface area contributed by atoms with E-state index in [1.807, 2.05) is 37.3 Å². The van der Waals surface area contributed by atoms with Gasteiger partial charge in [-0.2, -0.15) is 0 Å². The number of carboxylic acids is 1. The summed E-state index contributed by atoms with van der Waals surface area (Å²) in [5.74, 6) is -3.35. The summed E-state index contributed by atoms with van der Waals surface area (Å²) in [6.07, 6.45) is 1.50. The summed E-state index contributed by atoms with van der Waals surface area (Å²) in [6.45, 7) is 1.91. The molecule has 1 aromatic heterocycles. The molecule has 3 aromatic rings. The molecule has 3 rings (SSSR count). The molecule has 0 amide bonds. The second-order valence-electron chi connectivity index (χ2n) is 7.50. The van der Waals surface area contributed by atoms with Crippen molar-refractivity contribution in [1.82, 2.24) is 9.55 Å². The van der Waals surface area contributed by atoms with Gasteiger partial charge in [0, 0.05) is 29.3 Å². The molecule has 34 heavy (non-hydrogen) atoms. The molecule has 0 aliphatic carbocycles. The third-order valence-corrected chi connectivity index (χ3v) is 5.20. The largest absolute Gasteiger partial charge is 0.507 e. The Morgan fingerprint density at radius 1 is 1.00 bits per heavy atom. The normalized spacial score (nSPS) is 11.4. The highest BCUT2D eigenvalue weighted by Crippen LogP contribution is 2.15. The Kier molecular flexibility index (Phi) is 7.94. The minimum Gasteiger partial charge on any atom is -0.507 e. The van der Waals surface area contributed by atoms with Crippen molar-refractivity contribution < 1.29 is 24.5 Å². The van der Waals surface area contributed by atoms with Crippen LogP contribution in [0.1, 0.15) is 34.9 Å². The number of rotatable bonds is 10. The molecule has 2 aromatic carbocycles. The highest BCUT2D eigenvalue weighted by atomic mass is 16.5. The zero-order chi connectivity index (χ0) is 24.7. The number of nitrogens with zero attached hydrogens (tertiary/aromatic N) is 1. The first kappa shape index (κ1) is 24.4. The lowest BCUT2D eigenvalue weighted by atomic mass is 10.0. The Morgan fingerprint density at radius 3 is 2.29 bits per heavy atom. The van der Waals surface area contributed by atoms with Crippen LogP contribution in [0.2, 0.25) is 0 Å². The summed E-state index contributed by atoms with van der Waals surface area (Å²) in [5, 5.41) is 18.5. The molecule has 9 nitrogen and oxygen atoms in total. The number of benzene rings is 2. The van der Waals surface area contributed by atoms with Gasteiger partial charge < -0.3 is 14.9 Å². The van der Waals surface area contributed by atoms with Crippen LogP contribution in [0.4, 0.5) is 0 Å². The first-order valence-corrected chi connectivity index (χ1v) is 10.5. The predicted molar refractivity (Wildman–Crippen MR) is 124 cm³/mol. The van der Waals surface area contributed by atoms with E-state index in [0.29, 0.717) is 30.2 Å². The van der Waals surface area contributed by atoms with E-state index in [-0.39, 0.29) is 18.9 Å². The van der Waals surface area contributed by atoms with Gasteiger partial charge in [0.15, 0.2) is 0 Å². The summed E-state index contributed by atoms with van der Waals surface area (Å²) in [5.41, 5.74) is 2.11. The number of ketones is 1. The molecule has 0 spiro atoms. The monoisotopic (exact) mass is 464 g/mol. The number of aliphatic hydroxyl groups excluding tert-OH is 1. The molecular weight excluding hydrogens is 440 g/mol. The number of aromatic amines is 1. The Labute approximate surface area is 194 Å². The zero-order valence-corrected chi connectivity index (χ0v) is 18.5. The third kappa shape index (κ3) is 5.96. The molecule has 3 N–H and O–H groups in total. The van der Waals surface area contributed by atoms with Gasteiger partial charge in [-0.25, -0.2) is 9.59 Å². The van der Waals surface area contributed by atoms with Crippen molar-refractivity contribution in [1.29, 1.82) is 0 Å². The van der Waals surface area contributed by atoms with Crippen LogP contribution in [0, 0.1) is 0 Å². The number of ether oxygens (including phenoxy) is 1. The molecule has 0 saturated carbocycles. The first-order valence-electron chi connectivity index (χ1n) is 10.5. The van der Waals surface area contributed by atoms with Gasteiger partial charge in [0.25, 0.3) is 11.3 Å². The van der Waals surface area contributed by atoms with Gasteiger partial charge in [0.2, 0.25) is 0 Å². The summed E-state index contributed by atoms with van der Waals surface area (Å²) >= 11 is 0. The molecule has 0 fully saturated rings. The van der Waals surface area contributed by atoms with Gasteiger partial charge in [-0.3, -0.25) is 19.1 Å². The SMILES string of the molecule is CCc1c(Cc2ccccc2)n(COCc2ccc(/C(O)=C/C(=O)C(=O)O)cc2)c(=O)[nH]c1=O. The van der Waals surface area contributed by atoms with Gasteiger partial charge in [-0.05, 0) is 17.5 Å². The molecule has 176 valence electrons. The molecular formula is C25H24N2O7. The first-order chi connectivity index (χ1) is 16.3. The van der Waals surface area contributed by atoms with Crippen molar-refractivity contribution in [2.75, 3.05) is 0 Å². The number of carboxylic acid groups (broad SMARTS) is 1. The van der Waals surface area contributed by atoms with Gasteiger partial charge in [-0.15, -0.1) is 0 Å². The maximum atomic E-state index is 12.5. The molecule has 0 atom stereocenters. The second kappa shape index (κ2) is 11.1. The maximum Gasteiger partial charge on any atom is 0.376 e. The van der Waals surface area contributed by atoms with Gasteiger partial charge >= 0.3 is 11.7 Å². The molecule has 1 heterocycles. The molecule has 9 heteroatoms. The predicted octanol–water partition coefficient (Wildman–Crippen LogP) is 2.42. The van der Waals surface area contributed by atoms with Crippen LogP contribution >= 0.6 is 0 Å². The number of hydrogen-bond acceptors (Lipinski definition) is 6. The summed E-state index contributed by atoms with van der Waals surface area (Å²) in [4.78, 5) is 49.0. The van der Waals surface area contributed by atoms with Crippen LogP contribution in [-0.2, 0) is 40.5 Å². The van der Waals surface area contributed by atoms with E-state index in [9.17, 15) is 24.3 Å². The standard InChI is InChI=1S/C25H24N2O7/c1-2-19-20(12-16-6-4-3-5-7-16)27(25(33)26-23(19)30)15-34-14-17-8-10-18(11-9-17)21(28)13-22(29)24(31)32/h3-11,13,28H,2,12,14-15H2,1H3,(H,31,32)(H,26,30,33)/b21-13-. The van der Waals surface area contributed by atoms with Gasteiger partial charge in [-0.1, -0.05) is 61.5 Å². The van der Waals surface area contributed by atoms with E-state index >= 15 is 0 Å². The molecule has 0 aliphatic rings. The fourth-order valence-electron chi connectivity index (χ4n) is 3.44. The summed E-state index contributed by atoms with van der Waals surface area (Å²) in [7, 11) is 0. The fraction of sp³-hybridized carbons (Fsp3) is 0.200. The Hall–Kier alpha value is -4.24. The average molecular weight is 464 g/mol. The number of aromatic nitrogens is 2. The van der Waals surface area contributed by atoms with Crippen molar-refractivity contribution in [2.24, 2.45) is 0 Å². The van der Waals surface area contributed by atoms with E-state index in [0.717, 1.165) is 11.1 Å². The summed E-state index contributed by atoms with van der Waals surface area (Å²) < 4.78 is 7.14. The van der Waals surface area contributed by atoms with Crippen molar-refractivity contribution in [2.45, 2.75) is 33.1 Å². The number of carbonyl (C=O) groups is 2. The second-order valence-corrected chi connectivity index (χ2v) is 7.50. The number of carbonyl (C=O) groups excluding carboxylic acids is 1. The van der Waals surface area contributed by atoms with Crippen molar-refractivity contribution in [3.63, 3.8) is 0 Å². The van der Waals surface area contributed by atoms with Crippen molar-refractivity contribution in [3.05, 3.63) is 109 Å². The molecule has 0 unspecified atom stereocenters. The lowest BCUT2D eigenvalue weighted by molar-refractivity contribution is -0.146. The summed E-state index contributed by atoms with van der Waals surface area (Å²) in [6, 6.07) is 15.8. The van der Waals surface area contributed by atoms with E-state index < -0.39 is 28.8 Å². The van der Waals surface area contributed by atoms with Crippen LogP contribution in [-0.4, -0.2) is 31.5 Å². The lowest BCUT2D eigenvalue weighted by Crippen LogP contribution is -2.36. The van der Waals surface area contributed by atoms with Crippen LogP contribution in [0.25, 0.3) is 5.76 Å². The number of hydrogen-bond donors (Lipinski definition) is 3. The number of nitrogens with one attached hydrogen (secondary N) is 1. The molecule has 0 bridgehead atoms. The topological polar surface area (TPSA) is 139 Å². The molecule has 0 saturated heterocycles. The Bertz CT molecular complexity index is 1320. The van der Waals surface area contributed by atoms with Crippen molar-refractivity contribution in [3.8, 4) is 0 Å². The Balaban J connectivity index is 1.76. The highest BCUT2D eigenvalue weighted by Gasteiger charge is 2.15. The lowest BCUT2D eigenvalue weighted by Gasteiger charge is -2.16. The quantitative estimate of drug-likeness (QED) is 0.238. The minimum absolute atomic E-state index is 0.0786. The van der Waals surface area contributed by atoms with Gasteiger partial charge in [0.1, 0.15) is 12.5 Å². The number of aliphatic carboxylic acids is 1. The van der Waals surface area contributed by atoms with E-state index in [1.165, 1.54) is 16.7 Å².